The number of nitro groups is 1. The Morgan fingerprint density at radius 1 is 1.44 bits per heavy atom. The third-order valence-electron chi connectivity index (χ3n) is 3.00. The average Bonchev–Trinajstić information content (AvgIpc) is 2.34. The summed E-state index contributed by atoms with van der Waals surface area (Å²) in [6, 6.07) is 1.66. The largest absolute Gasteiger partial charge is 0.474 e. The van der Waals surface area contributed by atoms with Gasteiger partial charge in [0.15, 0.2) is 0 Å². The molecule has 0 radical (unpaired) electrons. The zero-order valence-corrected chi connectivity index (χ0v) is 11.3. The summed E-state index contributed by atoms with van der Waals surface area (Å²) in [5.74, 6) is 0.404. The molecule has 0 unspecified atom stereocenters. The lowest BCUT2D eigenvalue weighted by Crippen LogP contribution is -2.31. The smallest absolute Gasteiger partial charge is 0.288 e. The molecule has 0 aliphatic heterocycles. The highest BCUT2D eigenvalue weighted by atomic mass is 79.9. The molecule has 1 heterocycles. The van der Waals surface area contributed by atoms with Crippen molar-refractivity contribution in [1.29, 1.82) is 0 Å². The van der Waals surface area contributed by atoms with E-state index in [4.69, 9.17) is 10.5 Å². The molecule has 2 rings (SSSR count). The molecule has 98 valence electrons. The summed E-state index contributed by atoms with van der Waals surface area (Å²) in [5.41, 5.74) is 5.76. The molecule has 0 amide bonds. The molecule has 0 bridgehead atoms. The van der Waals surface area contributed by atoms with Gasteiger partial charge < -0.3 is 10.5 Å². The summed E-state index contributed by atoms with van der Waals surface area (Å²) < 4.78 is 6.24. The third kappa shape index (κ3) is 3.17. The van der Waals surface area contributed by atoms with Crippen molar-refractivity contribution >= 4 is 21.6 Å². The van der Waals surface area contributed by atoms with Gasteiger partial charge in [-0.1, -0.05) is 0 Å². The predicted molar refractivity (Wildman–Crippen MR) is 69.5 cm³/mol. The zero-order chi connectivity index (χ0) is 13.1. The summed E-state index contributed by atoms with van der Waals surface area (Å²) >= 11 is 3.24. The van der Waals surface area contributed by atoms with Gasteiger partial charge in [0.2, 0.25) is 5.88 Å². The van der Waals surface area contributed by atoms with Crippen molar-refractivity contribution in [2.24, 2.45) is 5.73 Å². The van der Waals surface area contributed by atoms with Crippen molar-refractivity contribution in [2.75, 3.05) is 0 Å². The highest BCUT2D eigenvalue weighted by Gasteiger charge is 2.21. The predicted octanol–water partition coefficient (Wildman–Crippen LogP) is 2.40. The Morgan fingerprint density at radius 2 is 2.11 bits per heavy atom. The maximum atomic E-state index is 10.6. The van der Waals surface area contributed by atoms with E-state index in [1.54, 1.807) is 0 Å². The van der Waals surface area contributed by atoms with Crippen molar-refractivity contribution < 1.29 is 9.66 Å². The van der Waals surface area contributed by atoms with Gasteiger partial charge in [0.05, 0.1) is 9.40 Å². The lowest BCUT2D eigenvalue weighted by molar-refractivity contribution is -0.385. The van der Waals surface area contributed by atoms with Crippen LogP contribution in [-0.2, 0) is 0 Å². The van der Waals surface area contributed by atoms with Gasteiger partial charge in [-0.05, 0) is 41.6 Å². The Bertz CT molecular complexity index is 447. The molecule has 1 aliphatic carbocycles. The van der Waals surface area contributed by atoms with Gasteiger partial charge in [0.25, 0.3) is 5.69 Å². The first-order valence-electron chi connectivity index (χ1n) is 5.78. The van der Waals surface area contributed by atoms with E-state index in [-0.39, 0.29) is 17.8 Å². The second-order valence-corrected chi connectivity index (χ2v) is 5.25. The van der Waals surface area contributed by atoms with Crippen LogP contribution in [0.15, 0.2) is 16.7 Å². The highest BCUT2D eigenvalue weighted by molar-refractivity contribution is 9.10. The fourth-order valence-corrected chi connectivity index (χ4v) is 2.40. The number of ether oxygens (including phenoxy) is 1. The van der Waals surface area contributed by atoms with Crippen LogP contribution in [0.2, 0.25) is 0 Å². The monoisotopic (exact) mass is 315 g/mol. The second-order valence-electron chi connectivity index (χ2n) is 4.39. The van der Waals surface area contributed by atoms with Crippen molar-refractivity contribution in [2.45, 2.75) is 37.8 Å². The maximum Gasteiger partial charge on any atom is 0.288 e. The second kappa shape index (κ2) is 5.62. The van der Waals surface area contributed by atoms with E-state index in [1.165, 1.54) is 12.3 Å². The van der Waals surface area contributed by atoms with Gasteiger partial charge in [0, 0.05) is 12.1 Å². The SMILES string of the molecule is NC1CCC(Oc2ncc([N+](=O)[O-])cc2Br)CC1. The van der Waals surface area contributed by atoms with E-state index in [0.717, 1.165) is 25.7 Å². The molecule has 1 aliphatic rings. The van der Waals surface area contributed by atoms with Gasteiger partial charge >= 0.3 is 0 Å². The van der Waals surface area contributed by atoms with Crippen LogP contribution in [0.1, 0.15) is 25.7 Å². The maximum absolute atomic E-state index is 10.6. The van der Waals surface area contributed by atoms with Crippen LogP contribution in [0, 0.1) is 10.1 Å². The number of hydrogen-bond donors (Lipinski definition) is 1. The molecule has 1 saturated carbocycles. The molecular formula is C11H14BrN3O3. The average molecular weight is 316 g/mol. The number of nitrogens with two attached hydrogens (primary N) is 1. The van der Waals surface area contributed by atoms with E-state index in [1.807, 2.05) is 0 Å². The van der Waals surface area contributed by atoms with E-state index in [9.17, 15) is 10.1 Å². The molecule has 0 aromatic carbocycles. The summed E-state index contributed by atoms with van der Waals surface area (Å²) in [5, 5.41) is 10.6. The normalized spacial score (nSPS) is 23.7. The summed E-state index contributed by atoms with van der Waals surface area (Å²) in [6.07, 6.45) is 4.97. The Kier molecular flexibility index (Phi) is 4.13. The number of hydrogen-bond acceptors (Lipinski definition) is 5. The first kappa shape index (κ1) is 13.2. The first-order chi connectivity index (χ1) is 8.56. The molecule has 2 N–H and O–H groups in total. The number of halogens is 1. The lowest BCUT2D eigenvalue weighted by atomic mass is 9.94. The van der Waals surface area contributed by atoms with Crippen molar-refractivity contribution in [3.63, 3.8) is 0 Å². The van der Waals surface area contributed by atoms with Crippen LogP contribution in [-0.4, -0.2) is 22.1 Å². The highest BCUT2D eigenvalue weighted by Crippen LogP contribution is 2.29. The topological polar surface area (TPSA) is 91.3 Å². The fraction of sp³-hybridized carbons (Fsp3) is 0.545. The van der Waals surface area contributed by atoms with Crippen LogP contribution in [0.25, 0.3) is 0 Å². The van der Waals surface area contributed by atoms with E-state index in [0.29, 0.717) is 10.4 Å². The molecule has 18 heavy (non-hydrogen) atoms. The van der Waals surface area contributed by atoms with Crippen LogP contribution in [0.5, 0.6) is 5.88 Å². The molecule has 0 atom stereocenters. The van der Waals surface area contributed by atoms with Crippen molar-refractivity contribution in [3.05, 3.63) is 26.9 Å². The van der Waals surface area contributed by atoms with Gasteiger partial charge in [-0.25, -0.2) is 4.98 Å². The number of rotatable bonds is 3. The molecule has 1 aromatic rings. The van der Waals surface area contributed by atoms with Crippen molar-refractivity contribution in [1.82, 2.24) is 4.98 Å². The van der Waals surface area contributed by atoms with Crippen LogP contribution >= 0.6 is 15.9 Å². The Hall–Kier alpha value is -1.21. The molecule has 0 spiro atoms. The van der Waals surface area contributed by atoms with Crippen LogP contribution in [0.3, 0.4) is 0 Å². The molecular weight excluding hydrogens is 302 g/mol. The zero-order valence-electron chi connectivity index (χ0n) is 9.71. The summed E-state index contributed by atoms with van der Waals surface area (Å²) in [4.78, 5) is 14.1. The fourth-order valence-electron chi connectivity index (χ4n) is 1.97. The van der Waals surface area contributed by atoms with Crippen LogP contribution < -0.4 is 10.5 Å². The number of pyridine rings is 1. The molecule has 7 heteroatoms. The van der Waals surface area contributed by atoms with Gasteiger partial charge in [-0.3, -0.25) is 10.1 Å². The Morgan fingerprint density at radius 3 is 2.67 bits per heavy atom. The van der Waals surface area contributed by atoms with E-state index < -0.39 is 4.92 Å². The minimum atomic E-state index is -0.485. The first-order valence-corrected chi connectivity index (χ1v) is 6.57. The van der Waals surface area contributed by atoms with Crippen molar-refractivity contribution in [3.8, 4) is 5.88 Å². The van der Waals surface area contributed by atoms with Crippen LogP contribution in [0.4, 0.5) is 5.69 Å². The van der Waals surface area contributed by atoms with Gasteiger partial charge in [-0.2, -0.15) is 0 Å². The molecule has 6 nitrogen and oxygen atoms in total. The Balaban J connectivity index is 2.03. The third-order valence-corrected chi connectivity index (χ3v) is 3.57. The quantitative estimate of drug-likeness (QED) is 0.683. The Labute approximate surface area is 113 Å². The molecule has 1 fully saturated rings. The van der Waals surface area contributed by atoms with Gasteiger partial charge in [0.1, 0.15) is 12.3 Å². The van der Waals surface area contributed by atoms with E-state index >= 15 is 0 Å². The minimum absolute atomic E-state index is 0.0557. The molecule has 0 saturated heterocycles. The standard InChI is InChI=1S/C11H14BrN3O3/c12-10-5-8(15(16)17)6-14-11(10)18-9-3-1-7(13)2-4-9/h5-7,9H,1-4,13H2. The summed E-state index contributed by atoms with van der Waals surface area (Å²) in [6.45, 7) is 0. The lowest BCUT2D eigenvalue weighted by Gasteiger charge is -2.26. The summed E-state index contributed by atoms with van der Waals surface area (Å²) in [7, 11) is 0. The minimum Gasteiger partial charge on any atom is -0.474 e. The van der Waals surface area contributed by atoms with Gasteiger partial charge in [-0.15, -0.1) is 0 Å². The number of aromatic nitrogens is 1. The molecule has 1 aromatic heterocycles. The van der Waals surface area contributed by atoms with E-state index in [2.05, 4.69) is 20.9 Å². The number of nitrogens with zero attached hydrogens (tertiary/aromatic N) is 2.